The van der Waals surface area contributed by atoms with Crippen LogP contribution in [0.15, 0.2) is 0 Å². The summed E-state index contributed by atoms with van der Waals surface area (Å²) in [6, 6.07) is 0.463. The highest BCUT2D eigenvalue weighted by atomic mass is 35.5. The maximum absolute atomic E-state index is 8.98. The van der Waals surface area contributed by atoms with Gasteiger partial charge in [-0.25, -0.2) is 0 Å². The Balaban J connectivity index is 0.000000320. The summed E-state index contributed by atoms with van der Waals surface area (Å²) in [5.41, 5.74) is 0. The predicted octanol–water partition coefficient (Wildman–Crippen LogP) is -0.239. The monoisotopic (exact) mass is 135 g/mol. The summed E-state index contributed by atoms with van der Waals surface area (Å²) in [4.78, 5) is 0. The summed E-state index contributed by atoms with van der Waals surface area (Å²) in [6.45, 7) is 1.05. The van der Waals surface area contributed by atoms with Gasteiger partial charge in [0, 0.05) is 18.5 Å². The van der Waals surface area contributed by atoms with E-state index in [1.165, 1.54) is 6.42 Å². The Morgan fingerprint density at radius 2 is 2.25 bits per heavy atom. The number of halogens is 1. The molecule has 2 nitrogen and oxygen atoms in total. The Hall–Kier alpha value is 0.210. The summed E-state index contributed by atoms with van der Waals surface area (Å²) in [5.74, 6) is 0.602. The van der Waals surface area contributed by atoms with E-state index in [4.69, 9.17) is 5.11 Å². The number of aliphatic hydroxyl groups is 1. The third-order valence-electron chi connectivity index (χ3n) is 2.09. The van der Waals surface area contributed by atoms with Crippen molar-refractivity contribution in [2.45, 2.75) is 18.6 Å². The fourth-order valence-electron chi connectivity index (χ4n) is 1.45. The zero-order valence-corrected chi connectivity index (χ0v) is 5.32. The second-order valence-corrected chi connectivity index (χ2v) is 2.50. The molecule has 0 spiro atoms. The third-order valence-corrected chi connectivity index (χ3v) is 2.09. The van der Waals surface area contributed by atoms with Crippen LogP contribution in [0, 0.1) is 5.92 Å². The van der Waals surface area contributed by atoms with Crippen molar-refractivity contribution < 1.29 is 5.11 Å². The van der Waals surface area contributed by atoms with Crippen LogP contribution in [0.1, 0.15) is 6.42 Å². The Morgan fingerprint density at radius 3 is 2.38 bits per heavy atom. The molecular weight excluding hydrogens is 126 g/mol. The molecule has 2 heterocycles. The number of rotatable bonds is 0. The van der Waals surface area contributed by atoms with E-state index in [0.717, 1.165) is 6.54 Å². The zero-order valence-electron chi connectivity index (χ0n) is 4.50. The summed E-state index contributed by atoms with van der Waals surface area (Å²) in [5, 5.41) is 12.2. The lowest BCUT2D eigenvalue weighted by Crippen LogP contribution is -2.41. The first-order valence-electron chi connectivity index (χ1n) is 2.79. The minimum atomic E-state index is -0.000000000000000222. The molecule has 0 amide bonds. The van der Waals surface area contributed by atoms with Crippen molar-refractivity contribution in [1.29, 1.82) is 0 Å². The molecule has 2 N–H and O–H groups in total. The third kappa shape index (κ3) is 0.569. The van der Waals surface area contributed by atoms with Crippen molar-refractivity contribution >= 4 is 12.4 Å². The molecule has 2 saturated heterocycles. The van der Waals surface area contributed by atoms with E-state index in [0.29, 0.717) is 12.0 Å². The van der Waals surface area contributed by atoms with Gasteiger partial charge in [0.05, 0.1) is 6.10 Å². The molecule has 8 heavy (non-hydrogen) atoms. The first-order chi connectivity index (χ1) is 3.38. The zero-order chi connectivity index (χ0) is 4.85. The Bertz CT molecular complexity index is 84.4. The van der Waals surface area contributed by atoms with Gasteiger partial charge in [-0.2, -0.15) is 0 Å². The Labute approximate surface area is 54.7 Å². The van der Waals surface area contributed by atoms with Gasteiger partial charge in [0.2, 0.25) is 0 Å². The van der Waals surface area contributed by atoms with Crippen LogP contribution in [0.2, 0.25) is 0 Å². The number of hydrogen-bond acceptors (Lipinski definition) is 2. The summed E-state index contributed by atoms with van der Waals surface area (Å²) in [6.07, 6.45) is 1.21. The van der Waals surface area contributed by atoms with Crippen molar-refractivity contribution in [3.8, 4) is 0 Å². The summed E-state index contributed by atoms with van der Waals surface area (Å²) < 4.78 is 0. The van der Waals surface area contributed by atoms with E-state index in [1.807, 2.05) is 0 Å². The summed E-state index contributed by atoms with van der Waals surface area (Å²) in [7, 11) is 0. The van der Waals surface area contributed by atoms with Gasteiger partial charge in [-0.05, 0) is 6.42 Å². The van der Waals surface area contributed by atoms with Crippen molar-refractivity contribution in [1.82, 2.24) is 5.32 Å². The lowest BCUT2D eigenvalue weighted by Gasteiger charge is -2.28. The second-order valence-electron chi connectivity index (χ2n) is 2.50. The number of aliphatic hydroxyl groups excluding tert-OH is 1. The average molecular weight is 136 g/mol. The van der Waals surface area contributed by atoms with Crippen molar-refractivity contribution in [3.63, 3.8) is 0 Å². The van der Waals surface area contributed by atoms with Gasteiger partial charge in [-0.3, -0.25) is 0 Å². The minimum Gasteiger partial charge on any atom is -0.391 e. The Morgan fingerprint density at radius 1 is 1.50 bits per heavy atom. The van der Waals surface area contributed by atoms with E-state index >= 15 is 0 Å². The van der Waals surface area contributed by atoms with Crippen molar-refractivity contribution in [2.24, 2.45) is 5.92 Å². The fourth-order valence-corrected chi connectivity index (χ4v) is 1.45. The predicted molar refractivity (Wildman–Crippen MR) is 33.2 cm³/mol. The van der Waals surface area contributed by atoms with Gasteiger partial charge in [-0.1, -0.05) is 0 Å². The number of fused-ring (bicyclic) bond motifs is 1. The average Bonchev–Trinajstić information content (AvgIpc) is 2.18. The van der Waals surface area contributed by atoms with Gasteiger partial charge in [0.25, 0.3) is 0 Å². The van der Waals surface area contributed by atoms with E-state index in [2.05, 4.69) is 5.32 Å². The van der Waals surface area contributed by atoms with E-state index in [9.17, 15) is 0 Å². The van der Waals surface area contributed by atoms with Gasteiger partial charge in [0.1, 0.15) is 0 Å². The molecule has 3 fully saturated rings. The quantitative estimate of drug-likeness (QED) is 0.481. The molecule has 2 bridgehead atoms. The molecule has 1 aliphatic carbocycles. The van der Waals surface area contributed by atoms with Crippen LogP contribution < -0.4 is 5.32 Å². The standard InChI is InChI=1S/C5H9NO.ClH/c7-5-3-1-4(5)6-2-3;/h3-7H,1-2H2;1H. The molecule has 0 aromatic heterocycles. The lowest BCUT2D eigenvalue weighted by molar-refractivity contribution is 0.0447. The molecule has 3 atom stereocenters. The lowest BCUT2D eigenvalue weighted by atomic mass is 9.83. The van der Waals surface area contributed by atoms with Crippen LogP contribution in [0.5, 0.6) is 0 Å². The minimum absolute atomic E-state index is 0. The van der Waals surface area contributed by atoms with Crippen LogP contribution in [0.3, 0.4) is 0 Å². The largest absolute Gasteiger partial charge is 0.391 e. The maximum Gasteiger partial charge on any atom is 0.0734 e. The first kappa shape index (κ1) is 6.33. The van der Waals surface area contributed by atoms with Crippen LogP contribution in [0.25, 0.3) is 0 Å². The van der Waals surface area contributed by atoms with Crippen molar-refractivity contribution in [2.75, 3.05) is 6.54 Å². The Kier molecular flexibility index (Phi) is 1.48. The van der Waals surface area contributed by atoms with Crippen molar-refractivity contribution in [3.05, 3.63) is 0 Å². The number of nitrogens with one attached hydrogen (secondary N) is 1. The normalized spacial score (nSPS) is 49.9. The fraction of sp³-hybridized carbons (Fsp3) is 1.00. The first-order valence-corrected chi connectivity index (χ1v) is 2.79. The molecule has 2 aliphatic heterocycles. The molecule has 0 aromatic rings. The van der Waals surface area contributed by atoms with E-state index in [-0.39, 0.29) is 18.5 Å². The highest BCUT2D eigenvalue weighted by molar-refractivity contribution is 5.85. The van der Waals surface area contributed by atoms with Crippen LogP contribution in [0.4, 0.5) is 0 Å². The smallest absolute Gasteiger partial charge is 0.0734 e. The van der Waals surface area contributed by atoms with Crippen LogP contribution in [-0.4, -0.2) is 23.8 Å². The van der Waals surface area contributed by atoms with Gasteiger partial charge in [-0.15, -0.1) is 12.4 Å². The van der Waals surface area contributed by atoms with Crippen LogP contribution in [-0.2, 0) is 0 Å². The van der Waals surface area contributed by atoms with Crippen LogP contribution >= 0.6 is 12.4 Å². The molecule has 3 heteroatoms. The molecule has 3 aliphatic rings. The maximum atomic E-state index is 8.98. The molecule has 48 valence electrons. The van der Waals surface area contributed by atoms with E-state index < -0.39 is 0 Å². The summed E-state index contributed by atoms with van der Waals surface area (Å²) >= 11 is 0. The molecule has 3 rings (SSSR count). The van der Waals surface area contributed by atoms with Gasteiger partial charge in [0.15, 0.2) is 0 Å². The highest BCUT2D eigenvalue weighted by Gasteiger charge is 2.45. The topological polar surface area (TPSA) is 32.3 Å². The van der Waals surface area contributed by atoms with Gasteiger partial charge >= 0.3 is 0 Å². The SMILES string of the molecule is Cl.OC1C2CNC1C2. The molecule has 3 unspecified atom stereocenters. The highest BCUT2D eigenvalue weighted by Crippen LogP contribution is 2.33. The van der Waals surface area contributed by atoms with E-state index in [1.54, 1.807) is 0 Å². The molecule has 0 aromatic carbocycles. The van der Waals surface area contributed by atoms with Gasteiger partial charge < -0.3 is 10.4 Å². The molecule has 1 saturated carbocycles. The molecular formula is C5H10ClNO. The molecule has 0 radical (unpaired) electrons. The number of hydrogen-bond donors (Lipinski definition) is 2. The second kappa shape index (κ2) is 1.87.